The van der Waals surface area contributed by atoms with E-state index >= 15 is 0 Å². The summed E-state index contributed by atoms with van der Waals surface area (Å²) >= 11 is 1.42. The monoisotopic (exact) mass is 480 g/mol. The van der Waals surface area contributed by atoms with Gasteiger partial charge in [-0.15, -0.1) is 11.3 Å². The fourth-order valence-corrected chi connectivity index (χ4v) is 4.23. The number of rotatable bonds is 8. The van der Waals surface area contributed by atoms with Crippen LogP contribution in [0.15, 0.2) is 54.2 Å². The van der Waals surface area contributed by atoms with Crippen LogP contribution >= 0.6 is 11.3 Å². The fraction of sp³-hybridized carbons (Fsp3) is 0.0870. The smallest absolute Gasteiger partial charge is 0.335 e. The lowest BCUT2D eigenvalue weighted by atomic mass is 10.1. The van der Waals surface area contributed by atoms with Crippen LogP contribution in [0.4, 0.5) is 15.9 Å². The maximum atomic E-state index is 13.3. The molecule has 0 spiro atoms. The Morgan fingerprint density at radius 3 is 2.29 bits per heavy atom. The zero-order valence-corrected chi connectivity index (χ0v) is 18.2. The molecule has 172 valence electrons. The number of anilines is 2. The van der Waals surface area contributed by atoms with E-state index in [4.69, 9.17) is 10.2 Å². The standard InChI is InChI=1S/C23H17FN4O5S/c24-15-3-1-12(2-4-15)17-10-34-21-19(17)20(26-11-27-21)25-6-5-18(29)28-16-8-13(22(30)31)7-14(9-16)23(32)33/h1-4,7-11H,5-6H2,(H,28,29)(H,30,31)(H,32,33)(H,25,26,27). The third-order valence-electron chi connectivity index (χ3n) is 4.88. The SMILES string of the molecule is O=C(CCNc1ncnc2scc(-c3ccc(F)cc3)c12)Nc1cc(C(=O)O)cc(C(=O)O)c1. The molecule has 4 N–H and O–H groups in total. The number of carbonyl (C=O) groups is 3. The van der Waals surface area contributed by atoms with E-state index in [9.17, 15) is 18.8 Å². The van der Waals surface area contributed by atoms with Crippen molar-refractivity contribution in [3.05, 3.63) is 71.1 Å². The summed E-state index contributed by atoms with van der Waals surface area (Å²) in [7, 11) is 0. The molecule has 0 saturated carbocycles. The third kappa shape index (κ3) is 4.99. The molecule has 0 saturated heterocycles. The van der Waals surface area contributed by atoms with Crippen LogP contribution in [0.5, 0.6) is 0 Å². The number of carboxylic acid groups (broad SMARTS) is 2. The van der Waals surface area contributed by atoms with Crippen LogP contribution in [0, 0.1) is 5.82 Å². The molecule has 0 atom stereocenters. The van der Waals surface area contributed by atoms with Crippen LogP contribution in [0.1, 0.15) is 27.1 Å². The number of aromatic nitrogens is 2. The maximum Gasteiger partial charge on any atom is 0.335 e. The number of aromatic carboxylic acids is 2. The molecule has 4 rings (SSSR count). The van der Waals surface area contributed by atoms with Crippen molar-refractivity contribution in [3.63, 3.8) is 0 Å². The highest BCUT2D eigenvalue weighted by Gasteiger charge is 2.15. The minimum absolute atomic E-state index is 0.00121. The van der Waals surface area contributed by atoms with Gasteiger partial charge in [0, 0.05) is 29.6 Å². The van der Waals surface area contributed by atoms with Gasteiger partial charge in [-0.05, 0) is 35.9 Å². The van der Waals surface area contributed by atoms with E-state index in [-0.39, 0.29) is 35.6 Å². The van der Waals surface area contributed by atoms with E-state index in [2.05, 4.69) is 20.6 Å². The minimum Gasteiger partial charge on any atom is -0.478 e. The molecule has 2 heterocycles. The van der Waals surface area contributed by atoms with Crippen molar-refractivity contribution in [1.82, 2.24) is 9.97 Å². The molecule has 0 unspecified atom stereocenters. The number of carboxylic acids is 2. The Hall–Kier alpha value is -4.38. The number of nitrogens with zero attached hydrogens (tertiary/aromatic N) is 2. The number of benzene rings is 2. The van der Waals surface area contributed by atoms with Gasteiger partial charge in [-0.1, -0.05) is 12.1 Å². The molecule has 1 amide bonds. The Labute approximate surface area is 195 Å². The van der Waals surface area contributed by atoms with Gasteiger partial charge in [0.05, 0.1) is 16.5 Å². The second-order valence-electron chi connectivity index (χ2n) is 7.19. The zero-order valence-electron chi connectivity index (χ0n) is 17.4. The van der Waals surface area contributed by atoms with Crippen LogP contribution in [0.3, 0.4) is 0 Å². The van der Waals surface area contributed by atoms with Gasteiger partial charge in [-0.2, -0.15) is 0 Å². The Kier molecular flexibility index (Phi) is 6.46. The first-order chi connectivity index (χ1) is 16.3. The van der Waals surface area contributed by atoms with E-state index in [1.807, 2.05) is 5.38 Å². The van der Waals surface area contributed by atoms with Crippen LogP contribution < -0.4 is 10.6 Å². The molecule has 0 aliphatic heterocycles. The van der Waals surface area contributed by atoms with Crippen LogP contribution in [-0.2, 0) is 4.79 Å². The number of amides is 1. The van der Waals surface area contributed by atoms with E-state index in [0.717, 1.165) is 27.4 Å². The van der Waals surface area contributed by atoms with E-state index in [0.29, 0.717) is 5.82 Å². The van der Waals surface area contributed by atoms with Crippen molar-refractivity contribution in [2.75, 3.05) is 17.2 Å². The second-order valence-corrected chi connectivity index (χ2v) is 8.05. The molecule has 0 aliphatic rings. The largest absolute Gasteiger partial charge is 0.478 e. The summed E-state index contributed by atoms with van der Waals surface area (Å²) in [5, 5.41) is 26.6. The lowest BCUT2D eigenvalue weighted by molar-refractivity contribution is -0.116. The highest BCUT2D eigenvalue weighted by Crippen LogP contribution is 2.36. The van der Waals surface area contributed by atoms with E-state index in [1.165, 1.54) is 41.9 Å². The molecule has 4 aromatic rings. The predicted octanol–water partition coefficient (Wildman–Crippen LogP) is 4.33. The van der Waals surface area contributed by atoms with Crippen molar-refractivity contribution in [3.8, 4) is 11.1 Å². The van der Waals surface area contributed by atoms with Crippen LogP contribution in [0.25, 0.3) is 21.3 Å². The normalized spacial score (nSPS) is 10.7. The van der Waals surface area contributed by atoms with Crippen molar-refractivity contribution in [2.45, 2.75) is 6.42 Å². The molecule has 34 heavy (non-hydrogen) atoms. The quantitative estimate of drug-likeness (QED) is 0.292. The van der Waals surface area contributed by atoms with Gasteiger partial charge in [-0.3, -0.25) is 4.79 Å². The highest BCUT2D eigenvalue weighted by molar-refractivity contribution is 7.17. The first kappa shape index (κ1) is 22.8. The van der Waals surface area contributed by atoms with Crippen molar-refractivity contribution in [1.29, 1.82) is 0 Å². The summed E-state index contributed by atoms with van der Waals surface area (Å²) in [5.74, 6) is -2.88. The summed E-state index contributed by atoms with van der Waals surface area (Å²) in [6.07, 6.45) is 1.40. The molecule has 2 aromatic carbocycles. The molecule has 0 aliphatic carbocycles. The second kappa shape index (κ2) is 9.63. The van der Waals surface area contributed by atoms with Gasteiger partial charge in [0.25, 0.3) is 0 Å². The van der Waals surface area contributed by atoms with Gasteiger partial charge < -0.3 is 20.8 Å². The Morgan fingerprint density at radius 2 is 1.65 bits per heavy atom. The first-order valence-corrected chi connectivity index (χ1v) is 10.8. The van der Waals surface area contributed by atoms with Crippen molar-refractivity contribution in [2.24, 2.45) is 0 Å². The fourth-order valence-electron chi connectivity index (χ4n) is 3.32. The third-order valence-corrected chi connectivity index (χ3v) is 5.77. The van der Waals surface area contributed by atoms with Crippen LogP contribution in [-0.4, -0.2) is 44.6 Å². The number of thiophene rings is 1. The average Bonchev–Trinajstić information content (AvgIpc) is 3.24. The number of hydrogen-bond acceptors (Lipinski definition) is 7. The molecule has 0 bridgehead atoms. The molecular weight excluding hydrogens is 463 g/mol. The molecular formula is C23H17FN4O5S. The molecule has 11 heteroatoms. The maximum absolute atomic E-state index is 13.3. The number of carbonyl (C=O) groups excluding carboxylic acids is 1. The van der Waals surface area contributed by atoms with Gasteiger partial charge in [-0.25, -0.2) is 23.9 Å². The van der Waals surface area contributed by atoms with Crippen LogP contribution in [0.2, 0.25) is 0 Å². The average molecular weight is 480 g/mol. The zero-order chi connectivity index (χ0) is 24.2. The number of hydrogen-bond donors (Lipinski definition) is 4. The summed E-state index contributed by atoms with van der Waals surface area (Å²) in [5.41, 5.74) is 1.21. The van der Waals surface area contributed by atoms with Gasteiger partial charge >= 0.3 is 11.9 Å². The number of nitrogens with one attached hydrogen (secondary N) is 2. The lowest BCUT2D eigenvalue weighted by Crippen LogP contribution is -2.17. The summed E-state index contributed by atoms with van der Waals surface area (Å²) < 4.78 is 13.3. The molecule has 0 radical (unpaired) electrons. The minimum atomic E-state index is -1.30. The Morgan fingerprint density at radius 1 is 0.971 bits per heavy atom. The highest BCUT2D eigenvalue weighted by atomic mass is 32.1. The summed E-state index contributed by atoms with van der Waals surface area (Å²) in [4.78, 5) is 44.1. The summed E-state index contributed by atoms with van der Waals surface area (Å²) in [6, 6.07) is 9.46. The molecule has 2 aromatic heterocycles. The van der Waals surface area contributed by atoms with Gasteiger partial charge in [0.1, 0.15) is 22.8 Å². The number of halogens is 1. The topological polar surface area (TPSA) is 142 Å². The number of fused-ring (bicyclic) bond motifs is 1. The van der Waals surface area contributed by atoms with Crippen molar-refractivity contribution < 1.29 is 29.0 Å². The molecule has 0 fully saturated rings. The van der Waals surface area contributed by atoms with Gasteiger partial charge in [0.15, 0.2) is 0 Å². The van der Waals surface area contributed by atoms with E-state index in [1.54, 1.807) is 12.1 Å². The van der Waals surface area contributed by atoms with Crippen molar-refractivity contribution >= 4 is 50.9 Å². The van der Waals surface area contributed by atoms with Gasteiger partial charge in [0.2, 0.25) is 5.91 Å². The first-order valence-electron chi connectivity index (χ1n) is 9.95. The molecule has 9 nitrogen and oxygen atoms in total. The Balaban J connectivity index is 1.47. The lowest BCUT2D eigenvalue weighted by Gasteiger charge is -2.10. The summed E-state index contributed by atoms with van der Waals surface area (Å²) in [6.45, 7) is 0.195. The van der Waals surface area contributed by atoms with E-state index < -0.39 is 17.8 Å². The predicted molar refractivity (Wildman–Crippen MR) is 125 cm³/mol. The Bertz CT molecular complexity index is 1370.